The first-order valence-electron chi connectivity index (χ1n) is 6.89. The van der Waals surface area contributed by atoms with Crippen LogP contribution in [0.1, 0.15) is 22.3 Å². The van der Waals surface area contributed by atoms with Crippen LogP contribution in [-0.2, 0) is 0 Å². The average Bonchev–Trinajstić information content (AvgIpc) is 2.48. The van der Waals surface area contributed by atoms with Gasteiger partial charge in [0.05, 0.1) is 14.2 Å². The fourth-order valence-corrected chi connectivity index (χ4v) is 2.26. The van der Waals surface area contributed by atoms with Crippen LogP contribution in [0, 0.1) is 13.8 Å². The number of hydrogen-bond acceptors (Lipinski definition) is 4. The van der Waals surface area contributed by atoms with Gasteiger partial charge in [-0.15, -0.1) is 0 Å². The molecule has 0 heterocycles. The van der Waals surface area contributed by atoms with Crippen molar-refractivity contribution in [3.05, 3.63) is 46.5 Å². The maximum absolute atomic E-state index is 10.0. The molecule has 0 atom stereocenters. The highest BCUT2D eigenvalue weighted by Crippen LogP contribution is 2.31. The van der Waals surface area contributed by atoms with E-state index in [-0.39, 0.29) is 11.5 Å². The fraction of sp³-hybridized carbons (Fsp3) is 0.222. The molecule has 2 aromatic rings. The summed E-state index contributed by atoms with van der Waals surface area (Å²) in [7, 11) is 3.17. The van der Waals surface area contributed by atoms with E-state index in [1.165, 1.54) is 0 Å². The summed E-state index contributed by atoms with van der Waals surface area (Å²) in [4.78, 5) is 0. The van der Waals surface area contributed by atoms with Crippen LogP contribution in [0.5, 0.6) is 23.0 Å². The Morgan fingerprint density at radius 3 is 1.41 bits per heavy atom. The molecule has 0 aliphatic rings. The molecule has 0 aliphatic heterocycles. The highest BCUT2D eigenvalue weighted by molar-refractivity contribution is 5.76. The zero-order valence-corrected chi connectivity index (χ0v) is 13.2. The van der Waals surface area contributed by atoms with Crippen molar-refractivity contribution >= 4 is 12.2 Å². The summed E-state index contributed by atoms with van der Waals surface area (Å²) < 4.78 is 10.5. The second-order valence-electron chi connectivity index (χ2n) is 5.09. The Morgan fingerprint density at radius 2 is 1.09 bits per heavy atom. The summed E-state index contributed by atoms with van der Waals surface area (Å²) in [5, 5.41) is 20.0. The summed E-state index contributed by atoms with van der Waals surface area (Å²) in [6, 6.07) is 6.80. The van der Waals surface area contributed by atoms with E-state index in [4.69, 9.17) is 9.47 Å². The number of benzene rings is 2. The van der Waals surface area contributed by atoms with Gasteiger partial charge in [-0.25, -0.2) is 0 Å². The molecule has 0 unspecified atom stereocenters. The second kappa shape index (κ2) is 6.43. The molecule has 4 heteroatoms. The predicted octanol–water partition coefficient (Wildman–Crippen LogP) is 3.90. The first-order chi connectivity index (χ1) is 10.5. The number of phenolic OH excluding ortho intramolecular Hbond substituents is 2. The maximum Gasteiger partial charge on any atom is 0.123 e. The van der Waals surface area contributed by atoms with Gasteiger partial charge in [-0.3, -0.25) is 0 Å². The number of methoxy groups -OCH3 is 2. The van der Waals surface area contributed by atoms with Crippen LogP contribution in [0.2, 0.25) is 0 Å². The van der Waals surface area contributed by atoms with Crippen LogP contribution in [0.4, 0.5) is 0 Å². The highest BCUT2D eigenvalue weighted by atomic mass is 16.5. The molecule has 2 N–H and O–H groups in total. The van der Waals surface area contributed by atoms with Crippen LogP contribution < -0.4 is 9.47 Å². The molecule has 0 amide bonds. The van der Waals surface area contributed by atoms with E-state index in [0.717, 1.165) is 11.1 Å². The van der Waals surface area contributed by atoms with Crippen molar-refractivity contribution in [1.29, 1.82) is 0 Å². The fourth-order valence-electron chi connectivity index (χ4n) is 2.26. The van der Waals surface area contributed by atoms with E-state index in [2.05, 4.69) is 0 Å². The Morgan fingerprint density at radius 1 is 0.727 bits per heavy atom. The highest BCUT2D eigenvalue weighted by Gasteiger charge is 2.07. The molecular formula is C18H20O4. The summed E-state index contributed by atoms with van der Waals surface area (Å²) in [6.07, 6.45) is 3.45. The number of aryl methyl sites for hydroxylation is 2. The molecule has 22 heavy (non-hydrogen) atoms. The minimum atomic E-state index is 0.160. The van der Waals surface area contributed by atoms with Gasteiger partial charge in [0.2, 0.25) is 0 Å². The number of ether oxygens (including phenoxy) is 2. The molecule has 0 saturated carbocycles. The molecule has 0 aromatic heterocycles. The van der Waals surface area contributed by atoms with Gasteiger partial charge in [-0.2, -0.15) is 0 Å². The van der Waals surface area contributed by atoms with Crippen LogP contribution in [0.25, 0.3) is 12.2 Å². The zero-order valence-electron chi connectivity index (χ0n) is 13.2. The van der Waals surface area contributed by atoms with Gasteiger partial charge >= 0.3 is 0 Å². The quantitative estimate of drug-likeness (QED) is 0.841. The van der Waals surface area contributed by atoms with Crippen molar-refractivity contribution < 1.29 is 19.7 Å². The third kappa shape index (κ3) is 3.17. The van der Waals surface area contributed by atoms with Gasteiger partial charge in [-0.1, -0.05) is 12.2 Å². The lowest BCUT2D eigenvalue weighted by molar-refractivity contribution is 0.408. The molecule has 0 spiro atoms. The Labute approximate surface area is 130 Å². The van der Waals surface area contributed by atoms with Crippen molar-refractivity contribution in [2.45, 2.75) is 13.8 Å². The van der Waals surface area contributed by atoms with Gasteiger partial charge in [0.25, 0.3) is 0 Å². The topological polar surface area (TPSA) is 58.9 Å². The SMILES string of the molecule is COc1cc(/C=C/c2cc(OC)c(C)cc2O)c(O)cc1C. The molecule has 0 bridgehead atoms. The van der Waals surface area contributed by atoms with Gasteiger partial charge in [-0.05, 0) is 49.2 Å². The Bertz CT molecular complexity index is 656. The molecule has 2 aromatic carbocycles. The summed E-state index contributed by atoms with van der Waals surface area (Å²) in [5.41, 5.74) is 2.94. The molecule has 116 valence electrons. The Hall–Kier alpha value is -2.62. The van der Waals surface area contributed by atoms with Crippen LogP contribution in [0.15, 0.2) is 24.3 Å². The van der Waals surface area contributed by atoms with Crippen LogP contribution >= 0.6 is 0 Å². The predicted molar refractivity (Wildman–Crippen MR) is 87.7 cm³/mol. The first-order valence-corrected chi connectivity index (χ1v) is 6.89. The van der Waals surface area contributed by atoms with Crippen molar-refractivity contribution in [2.24, 2.45) is 0 Å². The van der Waals surface area contributed by atoms with E-state index in [9.17, 15) is 10.2 Å². The Kier molecular flexibility index (Phi) is 4.61. The number of rotatable bonds is 4. The van der Waals surface area contributed by atoms with Crippen molar-refractivity contribution in [2.75, 3.05) is 14.2 Å². The van der Waals surface area contributed by atoms with Gasteiger partial charge in [0.1, 0.15) is 23.0 Å². The van der Waals surface area contributed by atoms with E-state index < -0.39 is 0 Å². The third-order valence-corrected chi connectivity index (χ3v) is 3.53. The normalized spacial score (nSPS) is 10.9. The van der Waals surface area contributed by atoms with E-state index in [1.54, 1.807) is 50.6 Å². The lowest BCUT2D eigenvalue weighted by atomic mass is 10.1. The molecule has 0 fully saturated rings. The number of phenols is 2. The summed E-state index contributed by atoms with van der Waals surface area (Å²) >= 11 is 0. The zero-order chi connectivity index (χ0) is 16.3. The maximum atomic E-state index is 10.0. The largest absolute Gasteiger partial charge is 0.507 e. The standard InChI is InChI=1S/C18H20O4/c1-11-7-15(19)13(9-17(11)21-3)5-6-14-10-18(22-4)12(2)8-16(14)20/h5-10,19-20H,1-4H3/b6-5+. The van der Waals surface area contributed by atoms with Crippen molar-refractivity contribution in [3.63, 3.8) is 0 Å². The summed E-state index contributed by atoms with van der Waals surface area (Å²) in [6.45, 7) is 3.73. The summed E-state index contributed by atoms with van der Waals surface area (Å²) in [5.74, 6) is 1.72. The van der Waals surface area contributed by atoms with Crippen LogP contribution in [0.3, 0.4) is 0 Å². The first kappa shape index (κ1) is 15.8. The molecule has 2 rings (SSSR count). The smallest absolute Gasteiger partial charge is 0.123 e. The molecule has 0 aliphatic carbocycles. The van der Waals surface area contributed by atoms with Gasteiger partial charge < -0.3 is 19.7 Å². The molecule has 0 radical (unpaired) electrons. The van der Waals surface area contributed by atoms with E-state index in [0.29, 0.717) is 22.6 Å². The minimum Gasteiger partial charge on any atom is -0.507 e. The Balaban J connectivity index is 2.41. The average molecular weight is 300 g/mol. The lowest BCUT2D eigenvalue weighted by Gasteiger charge is -2.09. The van der Waals surface area contributed by atoms with E-state index in [1.807, 2.05) is 13.8 Å². The second-order valence-corrected chi connectivity index (χ2v) is 5.09. The monoisotopic (exact) mass is 300 g/mol. The molecular weight excluding hydrogens is 280 g/mol. The van der Waals surface area contributed by atoms with Gasteiger partial charge in [0, 0.05) is 11.1 Å². The third-order valence-electron chi connectivity index (χ3n) is 3.53. The molecule has 4 nitrogen and oxygen atoms in total. The number of aromatic hydroxyl groups is 2. The molecule has 0 saturated heterocycles. The van der Waals surface area contributed by atoms with Crippen molar-refractivity contribution in [3.8, 4) is 23.0 Å². The van der Waals surface area contributed by atoms with Crippen LogP contribution in [-0.4, -0.2) is 24.4 Å². The number of hydrogen-bond donors (Lipinski definition) is 2. The van der Waals surface area contributed by atoms with E-state index >= 15 is 0 Å². The van der Waals surface area contributed by atoms with Gasteiger partial charge in [0.15, 0.2) is 0 Å². The van der Waals surface area contributed by atoms with Crippen molar-refractivity contribution in [1.82, 2.24) is 0 Å². The minimum absolute atomic E-state index is 0.160. The lowest BCUT2D eigenvalue weighted by Crippen LogP contribution is -1.89.